The van der Waals surface area contributed by atoms with Crippen molar-refractivity contribution >= 4 is 11.3 Å². The van der Waals surface area contributed by atoms with Gasteiger partial charge in [-0.15, -0.1) is 11.3 Å². The van der Waals surface area contributed by atoms with Crippen LogP contribution in [0.25, 0.3) is 0 Å². The second kappa shape index (κ2) is 4.20. The van der Waals surface area contributed by atoms with E-state index in [1.165, 1.54) is 0 Å². The van der Waals surface area contributed by atoms with Crippen molar-refractivity contribution in [1.29, 1.82) is 0 Å². The van der Waals surface area contributed by atoms with Gasteiger partial charge in [-0.1, -0.05) is 20.3 Å². The zero-order valence-electron chi connectivity index (χ0n) is 8.45. The number of hydrogen-bond acceptors (Lipinski definition) is 3. The summed E-state index contributed by atoms with van der Waals surface area (Å²) in [6, 6.07) is 0. The number of aromatic nitrogens is 1. The molecule has 1 N–H and O–H groups in total. The molecule has 0 aromatic carbocycles. The number of hydrogen-bond donors (Lipinski definition) is 1. The van der Waals surface area contributed by atoms with E-state index in [1.807, 2.05) is 18.6 Å². The number of rotatable bonds is 4. The van der Waals surface area contributed by atoms with Crippen LogP contribution in [0, 0.1) is 5.92 Å². The molecular weight excluding hydrogens is 182 g/mol. The first-order chi connectivity index (χ1) is 6.06. The van der Waals surface area contributed by atoms with Crippen LogP contribution in [0.2, 0.25) is 0 Å². The van der Waals surface area contributed by atoms with Gasteiger partial charge >= 0.3 is 0 Å². The zero-order valence-corrected chi connectivity index (χ0v) is 9.27. The van der Waals surface area contributed by atoms with E-state index in [4.69, 9.17) is 0 Å². The van der Waals surface area contributed by atoms with Crippen molar-refractivity contribution in [2.75, 3.05) is 0 Å². The smallest absolute Gasteiger partial charge is 0.0794 e. The molecule has 1 heterocycles. The molecule has 0 aliphatic rings. The molecule has 0 aliphatic carbocycles. The molecule has 1 rings (SSSR count). The molecule has 2 atom stereocenters. The van der Waals surface area contributed by atoms with E-state index in [2.05, 4.69) is 18.8 Å². The lowest BCUT2D eigenvalue weighted by Crippen LogP contribution is -2.34. The Labute approximate surface area is 83.6 Å². The molecule has 0 fully saturated rings. The Morgan fingerprint density at radius 3 is 2.85 bits per heavy atom. The highest BCUT2D eigenvalue weighted by molar-refractivity contribution is 7.09. The maximum atomic E-state index is 10.1. The van der Waals surface area contributed by atoms with Crippen LogP contribution in [0.3, 0.4) is 0 Å². The minimum absolute atomic E-state index is 0.328. The Bertz CT molecular complexity index is 243. The molecule has 0 amide bonds. The third-order valence-electron chi connectivity index (χ3n) is 2.69. The van der Waals surface area contributed by atoms with Gasteiger partial charge in [0.2, 0.25) is 0 Å². The first-order valence-electron chi connectivity index (χ1n) is 4.66. The molecule has 0 spiro atoms. The van der Waals surface area contributed by atoms with Crippen molar-refractivity contribution in [1.82, 2.24) is 4.98 Å². The molecule has 13 heavy (non-hydrogen) atoms. The van der Waals surface area contributed by atoms with E-state index in [9.17, 15) is 5.11 Å². The zero-order chi connectivity index (χ0) is 9.90. The second-order valence-corrected chi connectivity index (χ2v) is 4.78. The van der Waals surface area contributed by atoms with E-state index in [-0.39, 0.29) is 0 Å². The van der Waals surface area contributed by atoms with Gasteiger partial charge in [0.15, 0.2) is 0 Å². The van der Waals surface area contributed by atoms with Crippen LogP contribution in [0.15, 0.2) is 11.7 Å². The van der Waals surface area contributed by atoms with Crippen molar-refractivity contribution in [3.8, 4) is 0 Å². The van der Waals surface area contributed by atoms with Gasteiger partial charge in [-0.05, 0) is 12.8 Å². The predicted molar refractivity (Wildman–Crippen MR) is 55.9 cm³/mol. The van der Waals surface area contributed by atoms with Crippen LogP contribution < -0.4 is 0 Å². The van der Waals surface area contributed by atoms with Gasteiger partial charge in [0.25, 0.3) is 0 Å². The first-order valence-corrected chi connectivity index (χ1v) is 5.54. The van der Waals surface area contributed by atoms with Crippen LogP contribution in [0.4, 0.5) is 0 Å². The molecule has 74 valence electrons. The van der Waals surface area contributed by atoms with Gasteiger partial charge < -0.3 is 5.11 Å². The van der Waals surface area contributed by atoms with E-state index in [0.717, 1.165) is 11.3 Å². The monoisotopic (exact) mass is 199 g/mol. The summed E-state index contributed by atoms with van der Waals surface area (Å²) in [6.45, 7) is 6.09. The van der Waals surface area contributed by atoms with E-state index in [1.54, 1.807) is 11.3 Å². The summed E-state index contributed by atoms with van der Waals surface area (Å²) in [6.07, 6.45) is 3.56. The SMILES string of the molecule is CCC(C)C(C)(O)Cc1cncs1. The van der Waals surface area contributed by atoms with Crippen LogP contribution in [0.1, 0.15) is 32.1 Å². The van der Waals surface area contributed by atoms with Crippen molar-refractivity contribution < 1.29 is 5.11 Å². The average Bonchev–Trinajstić information content (AvgIpc) is 2.54. The highest BCUT2D eigenvalue weighted by Crippen LogP contribution is 2.25. The molecule has 0 aliphatic heterocycles. The Morgan fingerprint density at radius 1 is 1.69 bits per heavy atom. The number of thiazole rings is 1. The molecule has 0 saturated carbocycles. The van der Waals surface area contributed by atoms with Gasteiger partial charge in [-0.2, -0.15) is 0 Å². The highest BCUT2D eigenvalue weighted by atomic mass is 32.1. The van der Waals surface area contributed by atoms with Crippen molar-refractivity contribution in [3.05, 3.63) is 16.6 Å². The highest BCUT2D eigenvalue weighted by Gasteiger charge is 2.27. The van der Waals surface area contributed by atoms with Crippen LogP contribution in [0.5, 0.6) is 0 Å². The molecule has 0 radical (unpaired) electrons. The topological polar surface area (TPSA) is 33.1 Å². The largest absolute Gasteiger partial charge is 0.390 e. The molecule has 0 bridgehead atoms. The Balaban J connectivity index is 2.61. The summed E-state index contributed by atoms with van der Waals surface area (Å²) >= 11 is 1.61. The maximum Gasteiger partial charge on any atom is 0.0794 e. The summed E-state index contributed by atoms with van der Waals surface area (Å²) < 4.78 is 0. The van der Waals surface area contributed by atoms with Crippen LogP contribution in [-0.4, -0.2) is 15.7 Å². The van der Waals surface area contributed by atoms with Crippen molar-refractivity contribution in [2.45, 2.75) is 39.2 Å². The number of aliphatic hydroxyl groups is 1. The Kier molecular flexibility index (Phi) is 3.45. The lowest BCUT2D eigenvalue weighted by molar-refractivity contribution is 0.00584. The normalized spacial score (nSPS) is 18.2. The Hall–Kier alpha value is -0.410. The average molecular weight is 199 g/mol. The van der Waals surface area contributed by atoms with E-state index < -0.39 is 5.60 Å². The summed E-state index contributed by atoms with van der Waals surface area (Å²) in [5, 5.41) is 10.1. The van der Waals surface area contributed by atoms with Crippen molar-refractivity contribution in [3.63, 3.8) is 0 Å². The molecule has 3 heteroatoms. The van der Waals surface area contributed by atoms with E-state index >= 15 is 0 Å². The molecular formula is C10H17NOS. The molecule has 1 aromatic rings. The summed E-state index contributed by atoms with van der Waals surface area (Å²) in [5.41, 5.74) is 1.21. The summed E-state index contributed by atoms with van der Waals surface area (Å²) in [7, 11) is 0. The van der Waals surface area contributed by atoms with Gasteiger partial charge in [0, 0.05) is 17.5 Å². The predicted octanol–water partition coefficient (Wildman–Crippen LogP) is 2.48. The van der Waals surface area contributed by atoms with Gasteiger partial charge in [-0.25, -0.2) is 0 Å². The van der Waals surface area contributed by atoms with Crippen LogP contribution in [-0.2, 0) is 6.42 Å². The fraction of sp³-hybridized carbons (Fsp3) is 0.700. The molecule has 2 nitrogen and oxygen atoms in total. The fourth-order valence-corrected chi connectivity index (χ4v) is 2.05. The second-order valence-electron chi connectivity index (χ2n) is 3.81. The molecule has 1 aromatic heterocycles. The maximum absolute atomic E-state index is 10.1. The van der Waals surface area contributed by atoms with Crippen molar-refractivity contribution in [2.24, 2.45) is 5.92 Å². The lowest BCUT2D eigenvalue weighted by Gasteiger charge is -2.28. The number of nitrogens with zero attached hydrogens (tertiary/aromatic N) is 1. The quantitative estimate of drug-likeness (QED) is 0.808. The minimum atomic E-state index is -0.596. The third kappa shape index (κ3) is 2.78. The molecule has 2 unspecified atom stereocenters. The van der Waals surface area contributed by atoms with Crippen LogP contribution >= 0.6 is 11.3 Å². The summed E-state index contributed by atoms with van der Waals surface area (Å²) in [5.74, 6) is 0.328. The van der Waals surface area contributed by atoms with E-state index in [0.29, 0.717) is 12.3 Å². The first kappa shape index (κ1) is 10.7. The fourth-order valence-electron chi connectivity index (χ4n) is 1.30. The van der Waals surface area contributed by atoms with Gasteiger partial charge in [-0.3, -0.25) is 4.98 Å². The minimum Gasteiger partial charge on any atom is -0.390 e. The summed E-state index contributed by atoms with van der Waals surface area (Å²) in [4.78, 5) is 5.16. The Morgan fingerprint density at radius 2 is 2.38 bits per heavy atom. The third-order valence-corrected chi connectivity index (χ3v) is 3.47. The van der Waals surface area contributed by atoms with Gasteiger partial charge in [0.05, 0.1) is 11.1 Å². The van der Waals surface area contributed by atoms with Gasteiger partial charge in [0.1, 0.15) is 0 Å². The lowest BCUT2D eigenvalue weighted by atomic mass is 9.85. The molecule has 0 saturated heterocycles. The standard InChI is InChI=1S/C10H17NOS/c1-4-8(2)10(3,12)5-9-6-11-7-13-9/h6-8,12H,4-5H2,1-3H3.